The third-order valence-corrected chi connectivity index (χ3v) is 4.57. The van der Waals surface area contributed by atoms with Crippen molar-refractivity contribution in [2.24, 2.45) is 0 Å². The topological polar surface area (TPSA) is 60.0 Å². The number of aromatic nitrogens is 3. The fraction of sp³-hybridized carbons (Fsp3) is 0.100. The number of hydrogen-bond acceptors (Lipinski definition) is 4. The standard InChI is InChI=1S/C20H16BrN3O2/c1-25-18-11-13(20-23-16-7-2-3-8-17(16)24-20)10-15(21)19(18)26-12-14-6-4-5-9-22-14/h2-11H,12H2,1H3,(H,23,24). The van der Waals surface area contributed by atoms with E-state index in [1.165, 1.54) is 0 Å². The molecule has 2 aromatic carbocycles. The highest BCUT2D eigenvalue weighted by atomic mass is 79.9. The maximum absolute atomic E-state index is 5.93. The number of methoxy groups -OCH3 is 1. The first-order chi connectivity index (χ1) is 12.7. The predicted octanol–water partition coefficient (Wildman–Crippen LogP) is 4.98. The van der Waals surface area contributed by atoms with Crippen molar-refractivity contribution in [2.75, 3.05) is 7.11 Å². The van der Waals surface area contributed by atoms with E-state index in [4.69, 9.17) is 9.47 Å². The Labute approximate surface area is 159 Å². The number of halogens is 1. The highest BCUT2D eigenvalue weighted by Gasteiger charge is 2.15. The highest BCUT2D eigenvalue weighted by molar-refractivity contribution is 9.10. The largest absolute Gasteiger partial charge is 0.493 e. The van der Waals surface area contributed by atoms with Crippen LogP contribution in [0.2, 0.25) is 0 Å². The summed E-state index contributed by atoms with van der Waals surface area (Å²) in [5, 5.41) is 0. The molecule has 4 rings (SSSR count). The maximum atomic E-state index is 5.93. The summed E-state index contributed by atoms with van der Waals surface area (Å²) in [4.78, 5) is 12.2. The van der Waals surface area contributed by atoms with Crippen molar-refractivity contribution in [3.8, 4) is 22.9 Å². The summed E-state index contributed by atoms with van der Waals surface area (Å²) >= 11 is 3.59. The molecular formula is C20H16BrN3O2. The van der Waals surface area contributed by atoms with Gasteiger partial charge in [-0.2, -0.15) is 0 Å². The molecule has 0 aliphatic rings. The number of para-hydroxylation sites is 2. The summed E-state index contributed by atoms with van der Waals surface area (Å²) in [6.07, 6.45) is 1.75. The van der Waals surface area contributed by atoms with Crippen molar-refractivity contribution >= 4 is 27.0 Å². The van der Waals surface area contributed by atoms with Gasteiger partial charge in [0.1, 0.15) is 12.4 Å². The molecule has 1 N–H and O–H groups in total. The smallest absolute Gasteiger partial charge is 0.175 e. The highest BCUT2D eigenvalue weighted by Crippen LogP contribution is 2.39. The minimum absolute atomic E-state index is 0.361. The average molecular weight is 410 g/mol. The molecule has 0 aliphatic carbocycles. The van der Waals surface area contributed by atoms with Gasteiger partial charge in [0.15, 0.2) is 11.5 Å². The van der Waals surface area contributed by atoms with Crippen LogP contribution < -0.4 is 9.47 Å². The molecule has 2 aromatic heterocycles. The summed E-state index contributed by atoms with van der Waals surface area (Å²) in [7, 11) is 1.62. The van der Waals surface area contributed by atoms with Gasteiger partial charge in [-0.1, -0.05) is 18.2 Å². The van der Waals surface area contributed by atoms with E-state index in [1.807, 2.05) is 54.6 Å². The van der Waals surface area contributed by atoms with Crippen molar-refractivity contribution in [3.05, 3.63) is 71.0 Å². The second-order valence-electron chi connectivity index (χ2n) is 5.70. The number of nitrogens with one attached hydrogen (secondary N) is 1. The van der Waals surface area contributed by atoms with E-state index in [0.29, 0.717) is 18.1 Å². The SMILES string of the molecule is COc1cc(-c2nc3ccccc3[nH]2)cc(Br)c1OCc1ccccn1. The van der Waals surface area contributed by atoms with Gasteiger partial charge >= 0.3 is 0 Å². The molecule has 0 radical (unpaired) electrons. The normalized spacial score (nSPS) is 10.8. The summed E-state index contributed by atoms with van der Waals surface area (Å²) in [5.41, 5.74) is 3.68. The molecule has 130 valence electrons. The monoisotopic (exact) mass is 409 g/mol. The number of hydrogen-bond donors (Lipinski definition) is 1. The van der Waals surface area contributed by atoms with Crippen LogP contribution in [0.3, 0.4) is 0 Å². The van der Waals surface area contributed by atoms with Gasteiger partial charge < -0.3 is 14.5 Å². The van der Waals surface area contributed by atoms with E-state index in [2.05, 4.69) is 30.9 Å². The second kappa shape index (κ2) is 7.17. The zero-order valence-electron chi connectivity index (χ0n) is 14.1. The lowest BCUT2D eigenvalue weighted by Crippen LogP contribution is -2.00. The molecule has 0 spiro atoms. The molecule has 6 heteroatoms. The van der Waals surface area contributed by atoms with E-state index in [-0.39, 0.29) is 0 Å². The third kappa shape index (κ3) is 3.28. The molecule has 0 fully saturated rings. The number of aromatic amines is 1. The van der Waals surface area contributed by atoms with Gasteiger partial charge in [0.2, 0.25) is 0 Å². The summed E-state index contributed by atoms with van der Waals surface area (Å²) in [6.45, 7) is 0.361. The molecule has 0 amide bonds. The molecule has 0 saturated heterocycles. The van der Waals surface area contributed by atoms with Crippen LogP contribution in [0.5, 0.6) is 11.5 Å². The summed E-state index contributed by atoms with van der Waals surface area (Å²) in [6, 6.07) is 17.5. The minimum Gasteiger partial charge on any atom is -0.493 e. The van der Waals surface area contributed by atoms with Gasteiger partial charge in [0, 0.05) is 11.8 Å². The van der Waals surface area contributed by atoms with Crippen LogP contribution in [0.4, 0.5) is 0 Å². The Kier molecular flexibility index (Phi) is 4.58. The van der Waals surface area contributed by atoms with Crippen LogP contribution in [0.1, 0.15) is 5.69 Å². The van der Waals surface area contributed by atoms with Crippen molar-refractivity contribution in [1.29, 1.82) is 0 Å². The Morgan fingerprint density at radius 3 is 2.69 bits per heavy atom. The van der Waals surface area contributed by atoms with Gasteiger partial charge in [0.05, 0.1) is 28.3 Å². The Bertz CT molecular complexity index is 1010. The number of pyridine rings is 1. The van der Waals surface area contributed by atoms with E-state index in [0.717, 1.165) is 32.6 Å². The number of nitrogens with zero attached hydrogens (tertiary/aromatic N) is 2. The fourth-order valence-corrected chi connectivity index (χ4v) is 3.27. The van der Waals surface area contributed by atoms with Crippen LogP contribution in [0.25, 0.3) is 22.4 Å². The molecule has 2 heterocycles. The minimum atomic E-state index is 0.361. The fourth-order valence-electron chi connectivity index (χ4n) is 2.72. The summed E-state index contributed by atoms with van der Waals surface area (Å²) < 4.78 is 12.3. The van der Waals surface area contributed by atoms with Gasteiger partial charge in [-0.15, -0.1) is 0 Å². The van der Waals surface area contributed by atoms with Crippen LogP contribution in [0.15, 0.2) is 65.3 Å². The Balaban J connectivity index is 1.67. The Morgan fingerprint density at radius 1 is 1.08 bits per heavy atom. The zero-order chi connectivity index (χ0) is 17.9. The molecule has 0 aliphatic heterocycles. The maximum Gasteiger partial charge on any atom is 0.175 e. The molecular weight excluding hydrogens is 394 g/mol. The third-order valence-electron chi connectivity index (χ3n) is 3.98. The summed E-state index contributed by atoms with van der Waals surface area (Å²) in [5.74, 6) is 2.05. The first-order valence-electron chi connectivity index (χ1n) is 8.10. The van der Waals surface area contributed by atoms with Crippen molar-refractivity contribution in [1.82, 2.24) is 15.0 Å². The second-order valence-corrected chi connectivity index (χ2v) is 6.56. The van der Waals surface area contributed by atoms with Crippen molar-refractivity contribution in [3.63, 3.8) is 0 Å². The van der Waals surface area contributed by atoms with E-state index < -0.39 is 0 Å². The number of rotatable bonds is 5. The van der Waals surface area contributed by atoms with Crippen LogP contribution in [-0.4, -0.2) is 22.1 Å². The van der Waals surface area contributed by atoms with Crippen molar-refractivity contribution in [2.45, 2.75) is 6.61 Å². The number of fused-ring (bicyclic) bond motifs is 1. The van der Waals surface area contributed by atoms with E-state index in [1.54, 1.807) is 13.3 Å². The van der Waals surface area contributed by atoms with Crippen LogP contribution in [0, 0.1) is 0 Å². The van der Waals surface area contributed by atoms with Gasteiger partial charge in [0.25, 0.3) is 0 Å². The molecule has 0 unspecified atom stereocenters. The molecule has 4 aromatic rings. The zero-order valence-corrected chi connectivity index (χ0v) is 15.7. The van der Waals surface area contributed by atoms with Crippen molar-refractivity contribution < 1.29 is 9.47 Å². The first-order valence-corrected chi connectivity index (χ1v) is 8.89. The molecule has 0 bridgehead atoms. The van der Waals surface area contributed by atoms with Crippen LogP contribution >= 0.6 is 15.9 Å². The Hall–Kier alpha value is -2.86. The number of imidazole rings is 1. The number of H-pyrrole nitrogens is 1. The Morgan fingerprint density at radius 2 is 1.92 bits per heavy atom. The lowest BCUT2D eigenvalue weighted by atomic mass is 10.2. The number of ether oxygens (including phenoxy) is 2. The van der Waals surface area contributed by atoms with Crippen LogP contribution in [-0.2, 0) is 6.61 Å². The first kappa shape index (κ1) is 16.6. The van der Waals surface area contributed by atoms with Gasteiger partial charge in [-0.3, -0.25) is 4.98 Å². The molecule has 0 atom stereocenters. The van der Waals surface area contributed by atoms with E-state index in [9.17, 15) is 0 Å². The molecule has 26 heavy (non-hydrogen) atoms. The average Bonchev–Trinajstić information content (AvgIpc) is 3.11. The van der Waals surface area contributed by atoms with Gasteiger partial charge in [-0.25, -0.2) is 4.98 Å². The molecule has 0 saturated carbocycles. The molecule has 5 nitrogen and oxygen atoms in total. The lowest BCUT2D eigenvalue weighted by molar-refractivity contribution is 0.279. The quantitative estimate of drug-likeness (QED) is 0.505. The number of benzene rings is 2. The lowest BCUT2D eigenvalue weighted by Gasteiger charge is -2.13. The van der Waals surface area contributed by atoms with Gasteiger partial charge in [-0.05, 0) is 52.3 Å². The van der Waals surface area contributed by atoms with E-state index >= 15 is 0 Å². The predicted molar refractivity (Wildman–Crippen MR) is 104 cm³/mol.